The minimum absolute atomic E-state index is 0.102. The molecule has 0 spiro atoms. The van der Waals surface area contributed by atoms with Crippen molar-refractivity contribution in [1.29, 1.82) is 0 Å². The van der Waals surface area contributed by atoms with E-state index in [0.717, 1.165) is 36.6 Å². The van der Waals surface area contributed by atoms with Gasteiger partial charge in [0.2, 0.25) is 6.79 Å². The number of piperazine rings is 1. The highest BCUT2D eigenvalue weighted by Crippen LogP contribution is 2.36. The molecule has 1 aromatic rings. The summed E-state index contributed by atoms with van der Waals surface area (Å²) < 4.78 is 104. The Bertz CT molecular complexity index is 897. The number of esters is 1. The van der Waals surface area contributed by atoms with Crippen LogP contribution in [0.15, 0.2) is 18.2 Å². The van der Waals surface area contributed by atoms with Crippen molar-refractivity contribution in [3.63, 3.8) is 0 Å². The Morgan fingerprint density at radius 3 is 2.17 bits per heavy atom. The highest BCUT2D eigenvalue weighted by Gasteiger charge is 2.60. The summed E-state index contributed by atoms with van der Waals surface area (Å²) in [5.74, 6) is -1.03. The van der Waals surface area contributed by atoms with Crippen LogP contribution in [0.5, 0.6) is 5.75 Å². The Morgan fingerprint density at radius 1 is 0.972 bits per heavy atom. The number of halogens is 7. The van der Waals surface area contributed by atoms with Gasteiger partial charge in [-0.05, 0) is 18.9 Å². The predicted molar refractivity (Wildman–Crippen MR) is 109 cm³/mol. The van der Waals surface area contributed by atoms with Gasteiger partial charge in [0.05, 0.1) is 5.92 Å². The Kier molecular flexibility index (Phi) is 8.90. The fraction of sp³-hybridized carbons (Fsp3) is 0.636. The van der Waals surface area contributed by atoms with E-state index in [2.05, 4.69) is 4.74 Å². The zero-order chi connectivity index (χ0) is 26.5. The predicted octanol–water partition coefficient (Wildman–Crippen LogP) is 4.64. The average molecular weight is 530 g/mol. The molecule has 0 aromatic heterocycles. The van der Waals surface area contributed by atoms with Gasteiger partial charge in [0, 0.05) is 44.4 Å². The minimum Gasteiger partial charge on any atom is -0.457 e. The van der Waals surface area contributed by atoms with E-state index in [4.69, 9.17) is 9.47 Å². The van der Waals surface area contributed by atoms with Crippen molar-refractivity contribution >= 4 is 12.1 Å². The number of carbonyl (C=O) groups excluding carboxylic acids is 2. The molecule has 0 unspecified atom stereocenters. The number of rotatable bonds is 7. The van der Waals surface area contributed by atoms with Crippen molar-refractivity contribution < 1.29 is 54.5 Å². The first kappa shape index (κ1) is 27.8. The van der Waals surface area contributed by atoms with Crippen molar-refractivity contribution in [3.8, 4) is 5.75 Å². The number of hydrogen-bond acceptors (Lipinski definition) is 6. The van der Waals surface area contributed by atoms with Crippen molar-refractivity contribution in [3.05, 3.63) is 29.6 Å². The molecule has 1 aromatic carbocycles. The van der Waals surface area contributed by atoms with E-state index in [1.807, 2.05) is 0 Å². The lowest BCUT2D eigenvalue weighted by Crippen LogP contribution is -2.52. The lowest BCUT2D eigenvalue weighted by molar-refractivity contribution is -0.308. The van der Waals surface area contributed by atoms with Gasteiger partial charge < -0.3 is 19.1 Å². The number of alkyl halides is 6. The van der Waals surface area contributed by atoms with Crippen molar-refractivity contribution in [2.75, 3.05) is 33.0 Å². The van der Waals surface area contributed by atoms with Crippen LogP contribution in [0.4, 0.5) is 35.5 Å². The molecule has 202 valence electrons. The molecule has 1 aliphatic carbocycles. The third kappa shape index (κ3) is 7.61. The number of hydrogen-bond donors (Lipinski definition) is 0. The molecule has 7 nitrogen and oxygen atoms in total. The first-order chi connectivity index (χ1) is 16.8. The van der Waals surface area contributed by atoms with Crippen LogP contribution >= 0.6 is 0 Å². The Labute approximate surface area is 202 Å². The van der Waals surface area contributed by atoms with Crippen molar-refractivity contribution in [2.45, 2.75) is 50.7 Å². The monoisotopic (exact) mass is 530 g/mol. The quantitative estimate of drug-likeness (QED) is 0.291. The number of benzene rings is 1. The van der Waals surface area contributed by atoms with Gasteiger partial charge in [-0.2, -0.15) is 26.3 Å². The van der Waals surface area contributed by atoms with Crippen LogP contribution in [0.2, 0.25) is 0 Å². The molecule has 0 bridgehead atoms. The molecule has 2 aliphatic rings. The topological polar surface area (TPSA) is 68.3 Å². The first-order valence-corrected chi connectivity index (χ1v) is 11.2. The summed E-state index contributed by atoms with van der Waals surface area (Å²) in [7, 11) is 0. The molecule has 0 atom stereocenters. The largest absolute Gasteiger partial charge is 0.457 e. The second kappa shape index (κ2) is 11.5. The highest BCUT2D eigenvalue weighted by molar-refractivity contribution is 5.72. The van der Waals surface area contributed by atoms with Gasteiger partial charge in [-0.25, -0.2) is 9.18 Å². The van der Waals surface area contributed by atoms with Crippen molar-refractivity contribution in [2.24, 2.45) is 5.92 Å². The third-order valence-corrected chi connectivity index (χ3v) is 5.97. The molecular formula is C22H25F7N2O5. The summed E-state index contributed by atoms with van der Waals surface area (Å²) in [4.78, 5) is 26.4. The summed E-state index contributed by atoms with van der Waals surface area (Å²) in [5.41, 5.74) is 0.513. The molecule has 1 heterocycles. The van der Waals surface area contributed by atoms with Crippen LogP contribution in [0.3, 0.4) is 0 Å². The zero-order valence-electron chi connectivity index (χ0n) is 19.0. The van der Waals surface area contributed by atoms with Crippen LogP contribution in [0.1, 0.15) is 31.2 Å². The Morgan fingerprint density at radius 2 is 1.58 bits per heavy atom. The van der Waals surface area contributed by atoms with Gasteiger partial charge in [0.25, 0.3) is 6.10 Å². The van der Waals surface area contributed by atoms with Crippen LogP contribution < -0.4 is 4.74 Å². The summed E-state index contributed by atoms with van der Waals surface area (Å²) in [6.07, 6.45) is -14.1. The number of carbonyl (C=O) groups is 2. The van der Waals surface area contributed by atoms with Crippen LogP contribution in [-0.2, 0) is 20.8 Å². The van der Waals surface area contributed by atoms with Gasteiger partial charge in [-0.15, -0.1) is 0 Å². The van der Waals surface area contributed by atoms with E-state index < -0.39 is 37.2 Å². The van der Waals surface area contributed by atoms with E-state index >= 15 is 0 Å². The Hall–Kier alpha value is -2.77. The third-order valence-electron chi connectivity index (χ3n) is 5.97. The van der Waals surface area contributed by atoms with Gasteiger partial charge in [0.1, 0.15) is 11.6 Å². The summed E-state index contributed by atoms with van der Waals surface area (Å²) >= 11 is 0. The zero-order valence-corrected chi connectivity index (χ0v) is 19.0. The van der Waals surface area contributed by atoms with Crippen LogP contribution in [0, 0.1) is 11.7 Å². The SMILES string of the molecule is O=C(OCOc1cc(F)ccc1CN1CCN(C(=O)OC(C(F)(F)F)C(F)(F)F)CC1)C1CCCC1. The maximum absolute atomic E-state index is 13.7. The van der Waals surface area contributed by atoms with Gasteiger partial charge in [-0.1, -0.05) is 18.9 Å². The lowest BCUT2D eigenvalue weighted by Gasteiger charge is -2.35. The maximum atomic E-state index is 13.7. The first-order valence-electron chi connectivity index (χ1n) is 11.2. The minimum atomic E-state index is -5.79. The molecule has 0 N–H and O–H groups in total. The average Bonchev–Trinajstić information content (AvgIpc) is 3.33. The number of amides is 1. The molecule has 1 saturated carbocycles. The number of ether oxygens (including phenoxy) is 3. The summed E-state index contributed by atoms with van der Waals surface area (Å²) in [6, 6.07) is 3.75. The second-order valence-corrected chi connectivity index (χ2v) is 8.57. The second-order valence-electron chi connectivity index (χ2n) is 8.57. The molecule has 14 heteroatoms. The fourth-order valence-corrected chi connectivity index (χ4v) is 4.05. The molecule has 1 saturated heterocycles. The fourth-order valence-electron chi connectivity index (χ4n) is 4.05. The van der Waals surface area contributed by atoms with E-state index in [9.17, 15) is 40.3 Å². The Balaban J connectivity index is 1.52. The van der Waals surface area contributed by atoms with Gasteiger partial charge in [0.15, 0.2) is 0 Å². The molecule has 2 fully saturated rings. The van der Waals surface area contributed by atoms with Crippen molar-refractivity contribution in [1.82, 2.24) is 9.80 Å². The maximum Gasteiger partial charge on any atom is 0.434 e. The van der Waals surface area contributed by atoms with Crippen LogP contribution in [-0.4, -0.2) is 73.3 Å². The summed E-state index contributed by atoms with van der Waals surface area (Å²) in [5, 5.41) is 0. The molecule has 1 aliphatic heterocycles. The normalized spacial score (nSPS) is 17.9. The van der Waals surface area contributed by atoms with Crippen LogP contribution in [0.25, 0.3) is 0 Å². The molecule has 3 rings (SSSR count). The van der Waals surface area contributed by atoms with Gasteiger partial charge in [-0.3, -0.25) is 9.69 Å². The van der Waals surface area contributed by atoms with E-state index in [1.165, 1.54) is 12.1 Å². The smallest absolute Gasteiger partial charge is 0.434 e. The highest BCUT2D eigenvalue weighted by atomic mass is 19.4. The molecule has 0 radical (unpaired) electrons. The molecular weight excluding hydrogens is 505 g/mol. The van der Waals surface area contributed by atoms with E-state index in [-0.39, 0.29) is 50.4 Å². The van der Waals surface area contributed by atoms with Gasteiger partial charge >= 0.3 is 24.4 Å². The number of nitrogens with zero attached hydrogens (tertiary/aromatic N) is 2. The van der Waals surface area contributed by atoms with E-state index in [0.29, 0.717) is 5.56 Å². The molecule has 36 heavy (non-hydrogen) atoms. The standard InChI is InChI=1S/C22H25F7N2O5/c23-16-6-5-15(17(11-16)34-13-35-18(32)14-3-1-2-4-14)12-30-7-9-31(10-8-30)20(33)36-19(21(24,25)26)22(27,28)29/h5-6,11,14,19H,1-4,7-10,12-13H2. The molecule has 1 amide bonds. The summed E-state index contributed by atoms with van der Waals surface area (Å²) in [6.45, 7) is -0.389. The lowest BCUT2D eigenvalue weighted by atomic mass is 10.1. The van der Waals surface area contributed by atoms with E-state index in [1.54, 1.807) is 4.90 Å².